The van der Waals surface area contributed by atoms with Gasteiger partial charge in [-0.15, -0.1) is 0 Å². The highest BCUT2D eigenvalue weighted by Crippen LogP contribution is 2.30. The number of morpholine rings is 1. The molecule has 0 radical (unpaired) electrons. The van der Waals surface area contributed by atoms with E-state index in [1.54, 1.807) is 23.1 Å². The molecule has 2 aromatic rings. The molecule has 9 heteroatoms. The number of halogens is 1. The van der Waals surface area contributed by atoms with Crippen LogP contribution in [0.2, 0.25) is 5.02 Å². The lowest BCUT2D eigenvalue weighted by molar-refractivity contribution is 0.0302. The first-order valence-corrected chi connectivity index (χ1v) is 8.97. The van der Waals surface area contributed by atoms with Crippen molar-refractivity contribution < 1.29 is 19.0 Å². The third kappa shape index (κ3) is 4.58. The van der Waals surface area contributed by atoms with E-state index in [9.17, 15) is 4.79 Å². The van der Waals surface area contributed by atoms with Crippen molar-refractivity contribution in [2.75, 3.05) is 45.3 Å². The molecule has 3 rings (SSSR count). The SMILES string of the molecule is CCOc1nc(Nc2ccc(C(=O)N3CCOCC3)cc2OC)ncc1Cl. The van der Waals surface area contributed by atoms with Crippen molar-refractivity contribution in [3.63, 3.8) is 0 Å². The normalized spacial score (nSPS) is 14.0. The molecule has 1 N–H and O–H groups in total. The highest BCUT2D eigenvalue weighted by Gasteiger charge is 2.20. The van der Waals surface area contributed by atoms with Gasteiger partial charge in [0.05, 0.1) is 38.8 Å². The largest absolute Gasteiger partial charge is 0.495 e. The van der Waals surface area contributed by atoms with Gasteiger partial charge < -0.3 is 24.4 Å². The Bertz CT molecular complexity index is 812. The van der Waals surface area contributed by atoms with Crippen LogP contribution in [-0.2, 0) is 4.74 Å². The molecule has 1 amide bonds. The number of benzene rings is 1. The number of ether oxygens (including phenoxy) is 3. The second kappa shape index (κ2) is 8.88. The Hall–Kier alpha value is -2.58. The fraction of sp³-hybridized carbons (Fsp3) is 0.389. The number of nitrogens with zero attached hydrogens (tertiary/aromatic N) is 3. The Morgan fingerprint density at radius 3 is 2.85 bits per heavy atom. The monoisotopic (exact) mass is 392 g/mol. The zero-order valence-electron chi connectivity index (χ0n) is 15.2. The summed E-state index contributed by atoms with van der Waals surface area (Å²) in [6.45, 7) is 4.56. The number of hydrogen-bond acceptors (Lipinski definition) is 7. The maximum atomic E-state index is 12.6. The maximum Gasteiger partial charge on any atom is 0.254 e. The predicted octanol–water partition coefficient (Wildman–Crippen LogP) is 2.75. The maximum absolute atomic E-state index is 12.6. The average Bonchev–Trinajstić information content (AvgIpc) is 2.71. The Morgan fingerprint density at radius 1 is 1.37 bits per heavy atom. The number of aromatic nitrogens is 2. The van der Waals surface area contributed by atoms with Crippen molar-refractivity contribution in [3.8, 4) is 11.6 Å². The number of anilines is 2. The second-order valence-corrected chi connectivity index (χ2v) is 6.13. The highest BCUT2D eigenvalue weighted by molar-refractivity contribution is 6.31. The van der Waals surface area contributed by atoms with Gasteiger partial charge in [-0.05, 0) is 25.1 Å². The molecule has 1 aliphatic heterocycles. The van der Waals surface area contributed by atoms with Crippen LogP contribution < -0.4 is 14.8 Å². The number of carbonyl (C=O) groups excluding carboxylic acids is 1. The molecule has 1 aromatic heterocycles. The molecule has 0 unspecified atom stereocenters. The number of carbonyl (C=O) groups is 1. The lowest BCUT2D eigenvalue weighted by Gasteiger charge is -2.27. The number of rotatable bonds is 6. The molecule has 2 heterocycles. The first kappa shape index (κ1) is 19.2. The van der Waals surface area contributed by atoms with E-state index in [-0.39, 0.29) is 5.91 Å². The number of hydrogen-bond donors (Lipinski definition) is 1. The van der Waals surface area contributed by atoms with Crippen LogP contribution >= 0.6 is 11.6 Å². The van der Waals surface area contributed by atoms with E-state index >= 15 is 0 Å². The lowest BCUT2D eigenvalue weighted by Crippen LogP contribution is -2.40. The number of amides is 1. The Morgan fingerprint density at radius 2 is 2.15 bits per heavy atom. The fourth-order valence-corrected chi connectivity index (χ4v) is 2.79. The zero-order chi connectivity index (χ0) is 19.2. The van der Waals surface area contributed by atoms with Crippen molar-refractivity contribution in [3.05, 3.63) is 35.0 Å². The summed E-state index contributed by atoms with van der Waals surface area (Å²) in [4.78, 5) is 22.8. The third-order valence-corrected chi connectivity index (χ3v) is 4.25. The molecule has 144 valence electrons. The van der Waals surface area contributed by atoms with Gasteiger partial charge in [-0.1, -0.05) is 11.6 Å². The first-order chi connectivity index (χ1) is 13.1. The number of methoxy groups -OCH3 is 1. The third-order valence-electron chi connectivity index (χ3n) is 3.99. The zero-order valence-corrected chi connectivity index (χ0v) is 16.0. The molecule has 0 atom stereocenters. The van der Waals surface area contributed by atoms with Gasteiger partial charge in [-0.2, -0.15) is 4.98 Å². The van der Waals surface area contributed by atoms with Crippen molar-refractivity contribution in [1.29, 1.82) is 0 Å². The molecular formula is C18H21ClN4O4. The second-order valence-electron chi connectivity index (χ2n) is 5.72. The summed E-state index contributed by atoms with van der Waals surface area (Å²) in [5.41, 5.74) is 1.17. The average molecular weight is 393 g/mol. The molecular weight excluding hydrogens is 372 g/mol. The summed E-state index contributed by atoms with van der Waals surface area (Å²) >= 11 is 6.01. The van der Waals surface area contributed by atoms with Gasteiger partial charge in [0.1, 0.15) is 10.8 Å². The smallest absolute Gasteiger partial charge is 0.254 e. The summed E-state index contributed by atoms with van der Waals surface area (Å²) in [5, 5.41) is 3.40. The molecule has 0 aliphatic carbocycles. The van der Waals surface area contributed by atoms with Gasteiger partial charge in [-0.25, -0.2) is 4.98 Å². The topological polar surface area (TPSA) is 85.8 Å². The molecule has 8 nitrogen and oxygen atoms in total. The van der Waals surface area contributed by atoms with Crippen molar-refractivity contribution in [2.24, 2.45) is 0 Å². The lowest BCUT2D eigenvalue weighted by atomic mass is 10.1. The van der Waals surface area contributed by atoms with Crippen LogP contribution in [0.1, 0.15) is 17.3 Å². The van der Waals surface area contributed by atoms with E-state index in [1.807, 2.05) is 6.92 Å². The molecule has 1 aliphatic rings. The molecule has 1 fully saturated rings. The first-order valence-electron chi connectivity index (χ1n) is 8.59. The molecule has 0 spiro atoms. The van der Waals surface area contributed by atoms with Crippen molar-refractivity contribution in [1.82, 2.24) is 14.9 Å². The van der Waals surface area contributed by atoms with Crippen LogP contribution in [0.5, 0.6) is 11.6 Å². The van der Waals surface area contributed by atoms with Crippen molar-refractivity contribution >= 4 is 29.1 Å². The minimum atomic E-state index is -0.0514. The summed E-state index contributed by atoms with van der Waals surface area (Å²) in [5.74, 6) is 1.07. The predicted molar refractivity (Wildman–Crippen MR) is 101 cm³/mol. The highest BCUT2D eigenvalue weighted by atomic mass is 35.5. The van der Waals surface area contributed by atoms with Gasteiger partial charge in [0.2, 0.25) is 11.8 Å². The Balaban J connectivity index is 1.80. The summed E-state index contributed by atoms with van der Waals surface area (Å²) in [6.07, 6.45) is 1.46. The van der Waals surface area contributed by atoms with Gasteiger partial charge >= 0.3 is 0 Å². The summed E-state index contributed by atoms with van der Waals surface area (Å²) < 4.78 is 16.1. The van der Waals surface area contributed by atoms with E-state index in [4.69, 9.17) is 25.8 Å². The molecule has 1 saturated heterocycles. The van der Waals surface area contributed by atoms with E-state index in [2.05, 4.69) is 15.3 Å². The van der Waals surface area contributed by atoms with Crippen LogP contribution in [0.25, 0.3) is 0 Å². The Labute approximate surface area is 162 Å². The van der Waals surface area contributed by atoms with Gasteiger partial charge in [-0.3, -0.25) is 4.79 Å². The minimum absolute atomic E-state index is 0.0514. The summed E-state index contributed by atoms with van der Waals surface area (Å²) in [6, 6.07) is 5.19. The van der Waals surface area contributed by atoms with Crippen LogP contribution in [0.4, 0.5) is 11.6 Å². The summed E-state index contributed by atoms with van der Waals surface area (Å²) in [7, 11) is 1.54. The fourth-order valence-electron chi connectivity index (χ4n) is 2.65. The van der Waals surface area contributed by atoms with E-state index in [1.165, 1.54) is 13.3 Å². The van der Waals surface area contributed by atoms with Gasteiger partial charge in [0.15, 0.2) is 0 Å². The van der Waals surface area contributed by atoms with E-state index < -0.39 is 0 Å². The van der Waals surface area contributed by atoms with E-state index in [0.717, 1.165) is 0 Å². The van der Waals surface area contributed by atoms with E-state index in [0.29, 0.717) is 66.8 Å². The molecule has 27 heavy (non-hydrogen) atoms. The van der Waals surface area contributed by atoms with Crippen LogP contribution in [0.3, 0.4) is 0 Å². The Kier molecular flexibility index (Phi) is 6.31. The molecule has 1 aromatic carbocycles. The molecule has 0 saturated carbocycles. The van der Waals surface area contributed by atoms with Crippen molar-refractivity contribution in [2.45, 2.75) is 6.92 Å². The quantitative estimate of drug-likeness (QED) is 0.808. The molecule has 0 bridgehead atoms. The van der Waals surface area contributed by atoms with Gasteiger partial charge in [0.25, 0.3) is 5.91 Å². The van der Waals surface area contributed by atoms with Crippen LogP contribution in [0, 0.1) is 0 Å². The minimum Gasteiger partial charge on any atom is -0.495 e. The number of nitrogens with one attached hydrogen (secondary N) is 1. The van der Waals surface area contributed by atoms with Crippen LogP contribution in [-0.4, -0.2) is 60.8 Å². The standard InChI is InChI=1S/C18H21ClN4O4/c1-3-27-16-13(19)11-20-18(22-16)21-14-5-4-12(10-15(14)25-2)17(24)23-6-8-26-9-7-23/h4-5,10-11H,3,6-9H2,1-2H3,(H,20,21,22). The van der Waals surface area contributed by atoms with Crippen LogP contribution in [0.15, 0.2) is 24.4 Å². The van der Waals surface area contributed by atoms with Gasteiger partial charge in [0, 0.05) is 18.7 Å².